The zero-order chi connectivity index (χ0) is 53.1. The molecule has 0 spiro atoms. The standard InChI is InChI=1S/C55H108O15P2/c1-3-5-7-9-11-13-15-17-19-21-23-24-26-28-30-32-34-36-38-40-42-44-55(60)66-46-52(57)48-68-72(63,64)70-50-53(58)49-69-71(61,62)67-47-51(56)45-65-54(59)43-41-39-37-35-33-31-29-27-25-22-20-18-16-14-12-10-8-6-4-2/h18,20,51-53,56-58H,3-17,19,21-50H2,1-2H3,(H,61,62)(H,63,64)/b20-18+. The van der Waals surface area contributed by atoms with Crippen LogP contribution in [0.1, 0.15) is 271 Å². The van der Waals surface area contributed by atoms with Crippen LogP contribution in [0.4, 0.5) is 0 Å². The van der Waals surface area contributed by atoms with Crippen LogP contribution in [0.25, 0.3) is 0 Å². The van der Waals surface area contributed by atoms with Gasteiger partial charge in [-0.05, 0) is 38.5 Å². The summed E-state index contributed by atoms with van der Waals surface area (Å²) < 4.78 is 53.2. The number of rotatable bonds is 57. The van der Waals surface area contributed by atoms with Gasteiger partial charge in [0.2, 0.25) is 0 Å². The average molecular weight is 1070 g/mol. The monoisotopic (exact) mass is 1070 g/mol. The second-order valence-electron chi connectivity index (χ2n) is 20.0. The van der Waals surface area contributed by atoms with E-state index < -0.39 is 85.5 Å². The number of phosphoric ester groups is 2. The minimum Gasteiger partial charge on any atom is -0.463 e. The lowest BCUT2D eigenvalue weighted by molar-refractivity contribution is -0.148. The Morgan fingerprint density at radius 3 is 0.806 bits per heavy atom. The van der Waals surface area contributed by atoms with Gasteiger partial charge in [0.1, 0.15) is 31.5 Å². The van der Waals surface area contributed by atoms with E-state index in [9.17, 15) is 43.8 Å². The fourth-order valence-electron chi connectivity index (χ4n) is 8.21. The van der Waals surface area contributed by atoms with Gasteiger partial charge in [-0.25, -0.2) is 9.13 Å². The van der Waals surface area contributed by atoms with E-state index in [1.165, 1.54) is 193 Å². The van der Waals surface area contributed by atoms with Crippen molar-refractivity contribution < 1.29 is 71.4 Å². The van der Waals surface area contributed by atoms with E-state index in [1.54, 1.807) is 0 Å². The predicted octanol–water partition coefficient (Wildman–Crippen LogP) is 14.6. The molecular weight excluding hydrogens is 963 g/mol. The lowest BCUT2D eigenvalue weighted by Gasteiger charge is -2.19. The molecule has 0 aliphatic heterocycles. The highest BCUT2D eigenvalue weighted by Crippen LogP contribution is 2.45. The molecule has 5 atom stereocenters. The molecule has 0 aromatic carbocycles. The fraction of sp³-hybridized carbons (Fsp3) is 0.927. The maximum Gasteiger partial charge on any atom is 0.472 e. The number of ether oxygens (including phenoxy) is 2. The van der Waals surface area contributed by atoms with Gasteiger partial charge in [-0.15, -0.1) is 0 Å². The lowest BCUT2D eigenvalue weighted by Crippen LogP contribution is -2.25. The fourth-order valence-corrected chi connectivity index (χ4v) is 9.80. The molecule has 72 heavy (non-hydrogen) atoms. The Labute approximate surface area is 438 Å². The predicted molar refractivity (Wildman–Crippen MR) is 289 cm³/mol. The number of allylic oxidation sites excluding steroid dienone is 2. The normalized spacial score (nSPS) is 14.8. The number of carbonyl (C=O) groups is 2. The average Bonchev–Trinajstić information content (AvgIpc) is 3.36. The van der Waals surface area contributed by atoms with Gasteiger partial charge in [-0.2, -0.15) is 0 Å². The molecular formula is C55H108O15P2. The van der Waals surface area contributed by atoms with E-state index in [-0.39, 0.29) is 12.8 Å². The Balaban J connectivity index is 3.78. The Morgan fingerprint density at radius 1 is 0.347 bits per heavy atom. The van der Waals surface area contributed by atoms with Crippen molar-refractivity contribution in [1.82, 2.24) is 0 Å². The molecule has 0 bridgehead atoms. The molecule has 5 unspecified atom stereocenters. The zero-order valence-corrected chi connectivity index (χ0v) is 47.4. The van der Waals surface area contributed by atoms with Gasteiger partial charge in [0, 0.05) is 12.8 Å². The van der Waals surface area contributed by atoms with Crippen molar-refractivity contribution in [3.63, 3.8) is 0 Å². The third-order valence-corrected chi connectivity index (χ3v) is 14.6. The summed E-state index contributed by atoms with van der Waals surface area (Å²) in [5, 5.41) is 30.2. The molecule has 0 aromatic heterocycles. The van der Waals surface area contributed by atoms with Crippen LogP contribution in [-0.4, -0.2) is 95.0 Å². The molecule has 0 radical (unpaired) electrons. The zero-order valence-electron chi connectivity index (χ0n) is 45.6. The van der Waals surface area contributed by atoms with E-state index in [0.717, 1.165) is 38.5 Å². The van der Waals surface area contributed by atoms with E-state index in [4.69, 9.17) is 18.5 Å². The van der Waals surface area contributed by atoms with Crippen LogP contribution in [0, 0.1) is 0 Å². The van der Waals surface area contributed by atoms with Crippen molar-refractivity contribution in [2.45, 2.75) is 289 Å². The van der Waals surface area contributed by atoms with E-state index in [2.05, 4.69) is 35.0 Å². The number of phosphoric acid groups is 2. The van der Waals surface area contributed by atoms with Crippen LogP contribution < -0.4 is 0 Å². The summed E-state index contributed by atoms with van der Waals surface area (Å²) in [6, 6.07) is 0. The number of aliphatic hydroxyl groups excluding tert-OH is 3. The van der Waals surface area contributed by atoms with E-state index in [1.807, 2.05) is 0 Å². The number of hydrogen-bond donors (Lipinski definition) is 5. The highest BCUT2D eigenvalue weighted by atomic mass is 31.2. The maximum absolute atomic E-state index is 12.2. The van der Waals surface area contributed by atoms with Crippen molar-refractivity contribution in [2.24, 2.45) is 0 Å². The summed E-state index contributed by atoms with van der Waals surface area (Å²) in [5.74, 6) is -0.983. The van der Waals surface area contributed by atoms with Crippen molar-refractivity contribution in [3.8, 4) is 0 Å². The Hall–Kier alpha value is -1.22. The molecule has 0 saturated carbocycles. The highest BCUT2D eigenvalue weighted by molar-refractivity contribution is 7.47. The first kappa shape index (κ1) is 70.8. The van der Waals surface area contributed by atoms with Gasteiger partial charge >= 0.3 is 27.6 Å². The summed E-state index contributed by atoms with van der Waals surface area (Å²) in [4.78, 5) is 44.0. The first-order chi connectivity index (χ1) is 34.8. The Kier molecular flexibility index (Phi) is 51.0. The number of aliphatic hydroxyl groups is 3. The largest absolute Gasteiger partial charge is 0.472 e. The van der Waals surface area contributed by atoms with Gasteiger partial charge in [0.05, 0.1) is 26.4 Å². The second-order valence-corrected chi connectivity index (χ2v) is 22.9. The molecule has 5 N–H and O–H groups in total. The van der Waals surface area contributed by atoms with Crippen molar-refractivity contribution >= 4 is 27.6 Å². The molecule has 0 heterocycles. The molecule has 0 aromatic rings. The summed E-state index contributed by atoms with van der Waals surface area (Å²) in [6.45, 7) is 0.495. The Bertz CT molecular complexity index is 1340. The van der Waals surface area contributed by atoms with Gasteiger partial charge in [-0.1, -0.05) is 231 Å². The molecule has 428 valence electrons. The number of esters is 2. The first-order valence-corrected chi connectivity index (χ1v) is 32.0. The molecule has 0 aliphatic rings. The molecule has 0 fully saturated rings. The maximum atomic E-state index is 12.2. The van der Waals surface area contributed by atoms with Crippen LogP contribution in [0.3, 0.4) is 0 Å². The SMILES string of the molecule is CCCCCCCC/C=C/CCCCCCCCCCCC(=O)OCC(O)COP(=O)(O)OCC(O)COP(=O)(O)OCC(O)COC(=O)CCCCCCCCCCCCCCCCCCCCCCC. The number of unbranched alkanes of at least 4 members (excludes halogenated alkanes) is 35. The van der Waals surface area contributed by atoms with E-state index in [0.29, 0.717) is 12.8 Å². The number of hydrogen-bond acceptors (Lipinski definition) is 13. The lowest BCUT2D eigenvalue weighted by atomic mass is 10.0. The quantitative estimate of drug-likeness (QED) is 0.0165. The topological polar surface area (TPSA) is 225 Å². The third kappa shape index (κ3) is 53.6. The van der Waals surface area contributed by atoms with Crippen LogP contribution in [0.5, 0.6) is 0 Å². The van der Waals surface area contributed by atoms with Crippen LogP contribution in [0.2, 0.25) is 0 Å². The van der Waals surface area contributed by atoms with Crippen LogP contribution in [0.15, 0.2) is 12.2 Å². The van der Waals surface area contributed by atoms with Gasteiger partial charge in [0.15, 0.2) is 0 Å². The van der Waals surface area contributed by atoms with Gasteiger partial charge < -0.3 is 34.6 Å². The van der Waals surface area contributed by atoms with Crippen molar-refractivity contribution in [1.29, 1.82) is 0 Å². The van der Waals surface area contributed by atoms with Crippen molar-refractivity contribution in [2.75, 3.05) is 39.6 Å². The molecule has 0 amide bonds. The first-order valence-electron chi connectivity index (χ1n) is 29.0. The minimum absolute atomic E-state index is 0.197. The summed E-state index contributed by atoms with van der Waals surface area (Å²) in [7, 11) is -9.57. The minimum atomic E-state index is -4.79. The second kappa shape index (κ2) is 51.9. The van der Waals surface area contributed by atoms with Crippen LogP contribution >= 0.6 is 15.6 Å². The van der Waals surface area contributed by atoms with Crippen LogP contribution in [-0.2, 0) is 46.3 Å². The molecule has 17 heteroatoms. The molecule has 15 nitrogen and oxygen atoms in total. The van der Waals surface area contributed by atoms with Gasteiger partial charge in [0.25, 0.3) is 0 Å². The summed E-state index contributed by atoms with van der Waals surface area (Å²) in [5.41, 5.74) is 0. The smallest absolute Gasteiger partial charge is 0.463 e. The molecule has 0 aliphatic carbocycles. The summed E-state index contributed by atoms with van der Waals surface area (Å²) in [6.07, 6.45) is 47.7. The van der Waals surface area contributed by atoms with Gasteiger partial charge in [-0.3, -0.25) is 27.7 Å². The van der Waals surface area contributed by atoms with Crippen molar-refractivity contribution in [3.05, 3.63) is 12.2 Å². The Morgan fingerprint density at radius 2 is 0.556 bits per heavy atom. The number of carbonyl (C=O) groups excluding carboxylic acids is 2. The highest BCUT2D eigenvalue weighted by Gasteiger charge is 2.28. The van der Waals surface area contributed by atoms with E-state index >= 15 is 0 Å². The molecule has 0 rings (SSSR count). The summed E-state index contributed by atoms with van der Waals surface area (Å²) >= 11 is 0. The molecule has 0 saturated heterocycles. The third-order valence-electron chi connectivity index (χ3n) is 12.7.